The molecule has 0 aromatic heterocycles. The van der Waals surface area contributed by atoms with E-state index in [-0.39, 0.29) is 11.8 Å². The SMILES string of the molecule is COc1ccc(C(=O)N[C@@H](CCSC)C(=O)Nc2ccc(C#N)cc2)cc1. The monoisotopic (exact) mass is 383 g/mol. The lowest BCUT2D eigenvalue weighted by Crippen LogP contribution is -2.44. The van der Waals surface area contributed by atoms with Crippen LogP contribution in [0.25, 0.3) is 0 Å². The second kappa shape index (κ2) is 10.2. The van der Waals surface area contributed by atoms with E-state index in [9.17, 15) is 9.59 Å². The van der Waals surface area contributed by atoms with Gasteiger partial charge in [-0.2, -0.15) is 17.0 Å². The Morgan fingerprint density at radius 2 is 1.81 bits per heavy atom. The maximum absolute atomic E-state index is 12.6. The molecule has 0 saturated carbocycles. The van der Waals surface area contributed by atoms with E-state index in [1.807, 2.05) is 12.3 Å². The highest BCUT2D eigenvalue weighted by Gasteiger charge is 2.21. The number of nitriles is 1. The number of nitrogens with one attached hydrogen (secondary N) is 2. The van der Waals surface area contributed by atoms with Crippen LogP contribution in [0.4, 0.5) is 5.69 Å². The Balaban J connectivity index is 2.06. The molecule has 0 bridgehead atoms. The largest absolute Gasteiger partial charge is 0.497 e. The molecule has 2 aromatic carbocycles. The summed E-state index contributed by atoms with van der Waals surface area (Å²) in [6.45, 7) is 0. The van der Waals surface area contributed by atoms with Gasteiger partial charge in [-0.3, -0.25) is 9.59 Å². The molecular weight excluding hydrogens is 362 g/mol. The van der Waals surface area contributed by atoms with E-state index < -0.39 is 6.04 Å². The standard InChI is InChI=1S/C20H21N3O3S/c1-26-17-9-5-15(6-10-17)19(24)23-18(11-12-27-2)20(25)22-16-7-3-14(13-21)4-8-16/h3-10,18H,11-12H2,1-2H3,(H,22,25)(H,23,24)/t18-/m0/s1. The van der Waals surface area contributed by atoms with Gasteiger partial charge in [0.15, 0.2) is 0 Å². The topological polar surface area (TPSA) is 91.2 Å². The summed E-state index contributed by atoms with van der Waals surface area (Å²) in [5.41, 5.74) is 1.54. The lowest BCUT2D eigenvalue weighted by molar-refractivity contribution is -0.118. The Labute approximate surface area is 162 Å². The summed E-state index contributed by atoms with van der Waals surface area (Å²) in [6, 6.07) is 14.6. The molecule has 2 aromatic rings. The Bertz CT molecular complexity index is 814. The molecule has 0 heterocycles. The van der Waals surface area contributed by atoms with Crippen LogP contribution in [0.1, 0.15) is 22.3 Å². The minimum absolute atomic E-state index is 0.296. The van der Waals surface area contributed by atoms with Gasteiger partial charge in [0.2, 0.25) is 5.91 Å². The molecule has 0 aliphatic carbocycles. The average molecular weight is 383 g/mol. The molecule has 0 unspecified atom stereocenters. The fourth-order valence-electron chi connectivity index (χ4n) is 2.35. The zero-order valence-corrected chi connectivity index (χ0v) is 16.0. The summed E-state index contributed by atoms with van der Waals surface area (Å²) in [5, 5.41) is 14.4. The van der Waals surface area contributed by atoms with Crippen molar-refractivity contribution in [2.45, 2.75) is 12.5 Å². The van der Waals surface area contributed by atoms with Crippen molar-refractivity contribution in [3.05, 3.63) is 59.7 Å². The average Bonchev–Trinajstić information content (AvgIpc) is 2.71. The van der Waals surface area contributed by atoms with Crippen LogP contribution < -0.4 is 15.4 Å². The minimum Gasteiger partial charge on any atom is -0.497 e. The van der Waals surface area contributed by atoms with Crippen molar-refractivity contribution in [1.82, 2.24) is 5.32 Å². The molecule has 2 amide bonds. The van der Waals surface area contributed by atoms with Crippen LogP contribution in [0, 0.1) is 11.3 Å². The summed E-state index contributed by atoms with van der Waals surface area (Å²) >= 11 is 1.60. The molecule has 0 fully saturated rings. The predicted octanol–water partition coefficient (Wildman–Crippen LogP) is 3.06. The predicted molar refractivity (Wildman–Crippen MR) is 107 cm³/mol. The number of benzene rings is 2. The summed E-state index contributed by atoms with van der Waals surface area (Å²) in [6.07, 6.45) is 2.45. The van der Waals surface area contributed by atoms with Gasteiger partial charge in [0.25, 0.3) is 5.91 Å². The molecule has 27 heavy (non-hydrogen) atoms. The van der Waals surface area contributed by atoms with Crippen LogP contribution in [-0.2, 0) is 4.79 Å². The summed E-state index contributed by atoms with van der Waals surface area (Å²) in [5.74, 6) is 0.771. The van der Waals surface area contributed by atoms with Gasteiger partial charge in [-0.15, -0.1) is 0 Å². The molecule has 2 rings (SSSR count). The molecule has 140 valence electrons. The highest BCUT2D eigenvalue weighted by atomic mass is 32.2. The molecule has 0 radical (unpaired) electrons. The fourth-order valence-corrected chi connectivity index (χ4v) is 2.82. The van der Waals surface area contributed by atoms with E-state index >= 15 is 0 Å². The maximum Gasteiger partial charge on any atom is 0.251 e. The number of carbonyl (C=O) groups is 2. The van der Waals surface area contributed by atoms with Gasteiger partial charge in [-0.25, -0.2) is 0 Å². The van der Waals surface area contributed by atoms with Crippen molar-refractivity contribution >= 4 is 29.3 Å². The lowest BCUT2D eigenvalue weighted by Gasteiger charge is -2.18. The third-order valence-electron chi connectivity index (χ3n) is 3.87. The zero-order chi connectivity index (χ0) is 19.6. The first-order valence-electron chi connectivity index (χ1n) is 8.32. The highest BCUT2D eigenvalue weighted by Crippen LogP contribution is 2.13. The van der Waals surface area contributed by atoms with Crippen LogP contribution in [0.2, 0.25) is 0 Å². The normalized spacial score (nSPS) is 11.1. The molecule has 1 atom stereocenters. The number of carbonyl (C=O) groups excluding carboxylic acids is 2. The summed E-state index contributed by atoms with van der Waals surface area (Å²) in [7, 11) is 1.56. The van der Waals surface area contributed by atoms with E-state index in [0.717, 1.165) is 5.75 Å². The Morgan fingerprint density at radius 1 is 1.15 bits per heavy atom. The molecule has 0 saturated heterocycles. The number of amides is 2. The van der Waals surface area contributed by atoms with Crippen LogP contribution in [0.5, 0.6) is 5.75 Å². The first-order valence-corrected chi connectivity index (χ1v) is 9.71. The Kier molecular flexibility index (Phi) is 7.71. The van der Waals surface area contributed by atoms with Crippen molar-refractivity contribution in [3.8, 4) is 11.8 Å². The van der Waals surface area contributed by atoms with Crippen LogP contribution in [0.15, 0.2) is 48.5 Å². The first kappa shape index (κ1) is 20.3. The van der Waals surface area contributed by atoms with Crippen molar-refractivity contribution in [1.29, 1.82) is 5.26 Å². The molecule has 6 nitrogen and oxygen atoms in total. The number of hydrogen-bond acceptors (Lipinski definition) is 5. The van der Waals surface area contributed by atoms with E-state index in [0.29, 0.717) is 29.0 Å². The van der Waals surface area contributed by atoms with Crippen LogP contribution >= 0.6 is 11.8 Å². The number of thioether (sulfide) groups is 1. The minimum atomic E-state index is -0.664. The van der Waals surface area contributed by atoms with Crippen LogP contribution in [0.3, 0.4) is 0 Å². The summed E-state index contributed by atoms with van der Waals surface area (Å²) in [4.78, 5) is 25.1. The van der Waals surface area contributed by atoms with Gasteiger partial charge in [-0.05, 0) is 67.0 Å². The number of methoxy groups -OCH3 is 1. The zero-order valence-electron chi connectivity index (χ0n) is 15.2. The van der Waals surface area contributed by atoms with Gasteiger partial charge in [0.1, 0.15) is 11.8 Å². The van der Waals surface area contributed by atoms with Gasteiger partial charge in [-0.1, -0.05) is 0 Å². The summed E-state index contributed by atoms with van der Waals surface area (Å²) < 4.78 is 5.09. The first-order chi connectivity index (χ1) is 13.1. The quantitative estimate of drug-likeness (QED) is 0.731. The van der Waals surface area contributed by atoms with E-state index in [2.05, 4.69) is 10.6 Å². The number of nitrogens with zero attached hydrogens (tertiary/aromatic N) is 1. The number of anilines is 1. The van der Waals surface area contributed by atoms with Gasteiger partial charge in [0.05, 0.1) is 18.7 Å². The smallest absolute Gasteiger partial charge is 0.251 e. The van der Waals surface area contributed by atoms with Crippen molar-refractivity contribution in [2.75, 3.05) is 24.4 Å². The second-order valence-corrected chi connectivity index (χ2v) is 6.70. The molecule has 0 spiro atoms. The maximum atomic E-state index is 12.6. The van der Waals surface area contributed by atoms with Crippen molar-refractivity contribution < 1.29 is 14.3 Å². The molecule has 0 aliphatic heterocycles. The van der Waals surface area contributed by atoms with Gasteiger partial charge in [0, 0.05) is 11.3 Å². The van der Waals surface area contributed by atoms with E-state index in [4.69, 9.17) is 10.00 Å². The Hall–Kier alpha value is -2.98. The molecule has 2 N–H and O–H groups in total. The fraction of sp³-hybridized carbons (Fsp3) is 0.250. The Morgan fingerprint density at radius 3 is 2.37 bits per heavy atom. The van der Waals surface area contributed by atoms with Gasteiger partial charge >= 0.3 is 0 Å². The highest BCUT2D eigenvalue weighted by molar-refractivity contribution is 7.98. The molecule has 7 heteroatoms. The number of hydrogen-bond donors (Lipinski definition) is 2. The third kappa shape index (κ3) is 6.04. The molecular formula is C20H21N3O3S. The molecule has 0 aliphatic rings. The van der Waals surface area contributed by atoms with E-state index in [1.54, 1.807) is 67.4 Å². The van der Waals surface area contributed by atoms with E-state index in [1.165, 1.54) is 0 Å². The number of rotatable bonds is 8. The number of ether oxygens (including phenoxy) is 1. The lowest BCUT2D eigenvalue weighted by atomic mass is 10.1. The van der Waals surface area contributed by atoms with Crippen LogP contribution in [-0.4, -0.2) is 37.0 Å². The van der Waals surface area contributed by atoms with Gasteiger partial charge < -0.3 is 15.4 Å². The van der Waals surface area contributed by atoms with Crippen molar-refractivity contribution in [2.24, 2.45) is 0 Å². The second-order valence-electron chi connectivity index (χ2n) is 5.71. The third-order valence-corrected chi connectivity index (χ3v) is 4.51. The van der Waals surface area contributed by atoms with Crippen molar-refractivity contribution in [3.63, 3.8) is 0 Å².